The summed E-state index contributed by atoms with van der Waals surface area (Å²) in [4.78, 5) is 14.2. The zero-order valence-electron chi connectivity index (χ0n) is 16.8. The predicted molar refractivity (Wildman–Crippen MR) is 108 cm³/mol. The van der Waals surface area contributed by atoms with Crippen molar-refractivity contribution in [2.75, 3.05) is 14.1 Å². The Morgan fingerprint density at radius 2 is 2.08 bits per heavy atom. The second-order valence-electron chi connectivity index (χ2n) is 7.59. The third-order valence-corrected chi connectivity index (χ3v) is 4.91. The molecule has 0 radical (unpaired) electrons. The fraction of sp³-hybridized carbons (Fsp3) is 0.522. The molecule has 0 aromatic heterocycles. The van der Waals surface area contributed by atoms with Crippen LogP contribution in [0.1, 0.15) is 53.4 Å². The number of hydrogen-bond donors (Lipinski definition) is 0. The molecule has 1 atom stereocenters. The molecule has 136 valence electrons. The summed E-state index contributed by atoms with van der Waals surface area (Å²) in [6, 6.07) is 0. The molecule has 0 spiro atoms. The summed E-state index contributed by atoms with van der Waals surface area (Å²) in [6.07, 6.45) is 12.0. The van der Waals surface area contributed by atoms with E-state index in [-0.39, 0.29) is 17.2 Å². The Kier molecular flexibility index (Phi) is 7.97. The van der Waals surface area contributed by atoms with Crippen LogP contribution in [0.4, 0.5) is 0 Å². The first-order valence-electron chi connectivity index (χ1n) is 9.15. The standard InChI is InChI=1S/C23H33NO/c1-8-19(13-9-12-18(2)3)14-10-15-20-16-11-17-21(23(20,4)5)22(25)24(6)7/h9,12-13,15,21H,2,8,11,16-17H2,1,3-7H3/b12-9-,19-13+,20-15+. The van der Waals surface area contributed by atoms with Gasteiger partial charge in [-0.05, 0) is 44.1 Å². The average molecular weight is 340 g/mol. The number of carbonyl (C=O) groups is 1. The van der Waals surface area contributed by atoms with Gasteiger partial charge in [0.2, 0.25) is 5.91 Å². The van der Waals surface area contributed by atoms with Crippen molar-refractivity contribution in [2.24, 2.45) is 11.3 Å². The van der Waals surface area contributed by atoms with Gasteiger partial charge in [0.1, 0.15) is 0 Å². The molecule has 0 heterocycles. The van der Waals surface area contributed by atoms with E-state index in [1.807, 2.05) is 45.3 Å². The summed E-state index contributed by atoms with van der Waals surface area (Å²) in [7, 11) is 3.68. The fourth-order valence-electron chi connectivity index (χ4n) is 3.20. The Bertz CT molecular complexity index is 647. The highest BCUT2D eigenvalue weighted by Crippen LogP contribution is 2.45. The van der Waals surface area contributed by atoms with Gasteiger partial charge in [-0.25, -0.2) is 0 Å². The van der Waals surface area contributed by atoms with Gasteiger partial charge in [-0.15, -0.1) is 0 Å². The molecule has 25 heavy (non-hydrogen) atoms. The molecule has 2 heteroatoms. The van der Waals surface area contributed by atoms with Crippen molar-refractivity contribution in [1.82, 2.24) is 4.90 Å². The Labute approximate surface area is 154 Å². The summed E-state index contributed by atoms with van der Waals surface area (Å²) in [6.45, 7) is 12.3. The Hall–Kier alpha value is -2.01. The first-order valence-corrected chi connectivity index (χ1v) is 9.15. The molecule has 0 N–H and O–H groups in total. The lowest BCUT2D eigenvalue weighted by atomic mass is 9.65. The number of nitrogens with zero attached hydrogens (tertiary/aromatic N) is 1. The first-order chi connectivity index (χ1) is 11.7. The van der Waals surface area contributed by atoms with E-state index >= 15 is 0 Å². The van der Waals surface area contributed by atoms with Gasteiger partial charge in [0.05, 0.1) is 0 Å². The zero-order valence-corrected chi connectivity index (χ0v) is 16.8. The number of rotatable bonds is 4. The van der Waals surface area contributed by atoms with Crippen LogP contribution in [0, 0.1) is 23.2 Å². The summed E-state index contributed by atoms with van der Waals surface area (Å²) in [5, 5.41) is 0. The van der Waals surface area contributed by atoms with Gasteiger partial charge < -0.3 is 4.90 Å². The number of allylic oxidation sites excluding steroid dienone is 7. The van der Waals surface area contributed by atoms with Crippen molar-refractivity contribution in [3.05, 3.63) is 47.6 Å². The molecule has 2 nitrogen and oxygen atoms in total. The monoisotopic (exact) mass is 339 g/mol. The molecule has 0 saturated heterocycles. The van der Waals surface area contributed by atoms with Crippen LogP contribution in [-0.2, 0) is 4.79 Å². The molecule has 1 aliphatic rings. The van der Waals surface area contributed by atoms with Gasteiger partial charge in [-0.2, -0.15) is 0 Å². The smallest absolute Gasteiger partial charge is 0.226 e. The molecule has 1 fully saturated rings. The van der Waals surface area contributed by atoms with E-state index < -0.39 is 0 Å². The highest BCUT2D eigenvalue weighted by molar-refractivity contribution is 5.80. The molecular weight excluding hydrogens is 306 g/mol. The van der Waals surface area contributed by atoms with E-state index in [0.717, 1.165) is 36.8 Å². The SMILES string of the molecule is C=C(C)/C=C\C=C(\C#C/C=C1\CCCC(C(=O)N(C)C)C1(C)C)CC. The van der Waals surface area contributed by atoms with Crippen LogP contribution in [-0.4, -0.2) is 24.9 Å². The van der Waals surface area contributed by atoms with Crippen LogP contribution < -0.4 is 0 Å². The fourth-order valence-corrected chi connectivity index (χ4v) is 3.20. The molecule has 1 rings (SSSR count). The van der Waals surface area contributed by atoms with Gasteiger partial charge in [0, 0.05) is 25.6 Å². The summed E-state index contributed by atoms with van der Waals surface area (Å²) in [5.41, 5.74) is 3.29. The number of amides is 1. The van der Waals surface area contributed by atoms with E-state index in [4.69, 9.17) is 0 Å². The molecular formula is C23H33NO. The van der Waals surface area contributed by atoms with Gasteiger partial charge in [0.25, 0.3) is 0 Å². The molecule has 0 aromatic carbocycles. The maximum absolute atomic E-state index is 12.5. The summed E-state index contributed by atoms with van der Waals surface area (Å²) >= 11 is 0. The summed E-state index contributed by atoms with van der Waals surface area (Å²) in [5.74, 6) is 6.75. The zero-order chi connectivity index (χ0) is 19.0. The third-order valence-electron chi connectivity index (χ3n) is 4.91. The van der Waals surface area contributed by atoms with Crippen LogP contribution >= 0.6 is 0 Å². The molecule has 0 aliphatic heterocycles. The number of carbonyl (C=O) groups excluding carboxylic acids is 1. The minimum atomic E-state index is -0.135. The minimum Gasteiger partial charge on any atom is -0.349 e. The molecule has 1 aliphatic carbocycles. The van der Waals surface area contributed by atoms with Crippen LogP contribution in [0.25, 0.3) is 0 Å². The normalized spacial score (nSPS) is 21.8. The first kappa shape index (κ1) is 21.0. The Balaban J connectivity index is 2.99. The minimum absolute atomic E-state index is 0.0454. The van der Waals surface area contributed by atoms with Crippen LogP contribution in [0.5, 0.6) is 0 Å². The van der Waals surface area contributed by atoms with E-state index in [0.29, 0.717) is 0 Å². The maximum atomic E-state index is 12.5. The Morgan fingerprint density at radius 3 is 2.64 bits per heavy atom. The van der Waals surface area contributed by atoms with Crippen molar-refractivity contribution < 1.29 is 4.79 Å². The van der Waals surface area contributed by atoms with E-state index in [9.17, 15) is 4.79 Å². The summed E-state index contributed by atoms with van der Waals surface area (Å²) < 4.78 is 0. The molecule has 0 aromatic rings. The van der Waals surface area contributed by atoms with Crippen LogP contribution in [0.15, 0.2) is 47.6 Å². The second-order valence-corrected chi connectivity index (χ2v) is 7.59. The lowest BCUT2D eigenvalue weighted by Gasteiger charge is -2.40. The van der Waals surface area contributed by atoms with Crippen molar-refractivity contribution in [3.63, 3.8) is 0 Å². The van der Waals surface area contributed by atoms with Gasteiger partial charge in [0.15, 0.2) is 0 Å². The van der Waals surface area contributed by atoms with Gasteiger partial charge >= 0.3 is 0 Å². The molecule has 1 saturated carbocycles. The van der Waals surface area contributed by atoms with E-state index in [1.165, 1.54) is 5.57 Å². The third kappa shape index (κ3) is 6.09. The molecule has 1 unspecified atom stereocenters. The Morgan fingerprint density at radius 1 is 1.40 bits per heavy atom. The highest BCUT2D eigenvalue weighted by Gasteiger charge is 2.40. The molecule has 1 amide bonds. The average Bonchev–Trinajstić information content (AvgIpc) is 2.53. The number of hydrogen-bond acceptors (Lipinski definition) is 1. The quantitative estimate of drug-likeness (QED) is 0.503. The predicted octanol–water partition coefficient (Wildman–Crippen LogP) is 5.30. The van der Waals surface area contributed by atoms with Crippen molar-refractivity contribution in [2.45, 2.75) is 53.4 Å². The van der Waals surface area contributed by atoms with Crippen molar-refractivity contribution in [1.29, 1.82) is 0 Å². The van der Waals surface area contributed by atoms with Crippen molar-refractivity contribution >= 4 is 5.91 Å². The van der Waals surface area contributed by atoms with Crippen LogP contribution in [0.3, 0.4) is 0 Å². The van der Waals surface area contributed by atoms with E-state index in [2.05, 4.69) is 39.2 Å². The van der Waals surface area contributed by atoms with Crippen molar-refractivity contribution in [3.8, 4) is 11.8 Å². The van der Waals surface area contributed by atoms with Crippen LogP contribution in [0.2, 0.25) is 0 Å². The maximum Gasteiger partial charge on any atom is 0.226 e. The highest BCUT2D eigenvalue weighted by atomic mass is 16.2. The second kappa shape index (κ2) is 9.47. The lowest BCUT2D eigenvalue weighted by Crippen LogP contribution is -2.41. The molecule has 0 bridgehead atoms. The largest absolute Gasteiger partial charge is 0.349 e. The van der Waals surface area contributed by atoms with Gasteiger partial charge in [-0.3, -0.25) is 4.79 Å². The topological polar surface area (TPSA) is 20.3 Å². The lowest BCUT2D eigenvalue weighted by molar-refractivity contribution is -0.137. The van der Waals surface area contributed by atoms with E-state index in [1.54, 1.807) is 4.90 Å². The van der Waals surface area contributed by atoms with Gasteiger partial charge in [-0.1, -0.05) is 68.6 Å².